The van der Waals surface area contributed by atoms with Crippen LogP contribution in [0, 0.1) is 11.7 Å². The minimum absolute atomic E-state index is 0.117. The number of hydrogen-bond donors (Lipinski definition) is 2. The van der Waals surface area contributed by atoms with Gasteiger partial charge < -0.3 is 15.5 Å². The summed E-state index contributed by atoms with van der Waals surface area (Å²) in [4.78, 5) is 27.2. The molecule has 5 nitrogen and oxygen atoms in total. The number of rotatable bonds is 8. The third kappa shape index (κ3) is 6.27. The van der Waals surface area contributed by atoms with Crippen molar-refractivity contribution in [2.75, 3.05) is 20.6 Å². The van der Waals surface area contributed by atoms with E-state index in [1.54, 1.807) is 0 Å². The topological polar surface area (TPSA) is 61.4 Å². The van der Waals surface area contributed by atoms with Gasteiger partial charge in [0.15, 0.2) is 0 Å². The van der Waals surface area contributed by atoms with Gasteiger partial charge in [0, 0.05) is 17.1 Å². The van der Waals surface area contributed by atoms with E-state index in [0.29, 0.717) is 17.1 Å². The van der Waals surface area contributed by atoms with Crippen LogP contribution in [0.1, 0.15) is 35.8 Å². The number of amides is 2. The second-order valence-electron chi connectivity index (χ2n) is 7.45. The van der Waals surface area contributed by atoms with Crippen molar-refractivity contribution in [3.63, 3.8) is 0 Å². The number of carbonyl (C=O) groups is 2. The maximum absolute atomic E-state index is 13.1. The van der Waals surface area contributed by atoms with E-state index in [2.05, 4.69) is 10.6 Å². The van der Waals surface area contributed by atoms with Gasteiger partial charge in [0.2, 0.25) is 5.91 Å². The molecule has 2 amide bonds. The molecule has 2 aromatic rings. The molecule has 0 radical (unpaired) electrons. The summed E-state index contributed by atoms with van der Waals surface area (Å²) in [5, 5.41) is 6.30. The average Bonchev–Trinajstić information content (AvgIpc) is 2.67. The van der Waals surface area contributed by atoms with Crippen LogP contribution in [0.25, 0.3) is 0 Å². The fourth-order valence-corrected chi connectivity index (χ4v) is 3.25. The maximum atomic E-state index is 13.1. The number of nitrogens with one attached hydrogen (secondary N) is 2. The minimum atomic E-state index is -0.721. The number of carbonyl (C=O) groups excluding carboxylic acids is 2. The predicted octanol–water partition coefficient (Wildman–Crippen LogP) is 3.65. The minimum Gasteiger partial charge on any atom is -0.352 e. The molecule has 2 aromatic carbocycles. The van der Waals surface area contributed by atoms with Crippen molar-refractivity contribution in [2.45, 2.75) is 25.9 Å². The molecule has 0 saturated heterocycles. The van der Waals surface area contributed by atoms with Crippen LogP contribution in [0.4, 0.5) is 4.39 Å². The van der Waals surface area contributed by atoms with Crippen molar-refractivity contribution in [2.24, 2.45) is 5.92 Å². The molecule has 2 atom stereocenters. The molecule has 0 heterocycles. The standard InChI is InChI=1S/C22H27ClFN3O2/c1-14(2)20(26-21(28)15-9-11-16(24)12-10-15)22(29)25-13-19(27(3)4)17-7-5-6-8-18(17)23/h5-12,14,19-20H,13H2,1-4H3,(H,25,29)(H,26,28). The number of nitrogens with zero attached hydrogens (tertiary/aromatic N) is 1. The first-order valence-corrected chi connectivity index (χ1v) is 9.83. The van der Waals surface area contributed by atoms with Gasteiger partial charge in [-0.25, -0.2) is 4.39 Å². The first-order valence-electron chi connectivity index (χ1n) is 9.45. The van der Waals surface area contributed by atoms with E-state index in [4.69, 9.17) is 11.6 Å². The number of hydrogen-bond acceptors (Lipinski definition) is 3. The molecule has 0 fully saturated rings. The van der Waals surface area contributed by atoms with E-state index in [1.165, 1.54) is 24.3 Å². The van der Waals surface area contributed by atoms with Crippen molar-refractivity contribution >= 4 is 23.4 Å². The Morgan fingerprint density at radius 1 is 1.07 bits per heavy atom. The Bertz CT molecular complexity index is 840. The predicted molar refractivity (Wildman–Crippen MR) is 113 cm³/mol. The highest BCUT2D eigenvalue weighted by atomic mass is 35.5. The van der Waals surface area contributed by atoms with Gasteiger partial charge in [-0.3, -0.25) is 9.59 Å². The van der Waals surface area contributed by atoms with Gasteiger partial charge in [0.1, 0.15) is 11.9 Å². The summed E-state index contributed by atoms with van der Waals surface area (Å²) in [6.45, 7) is 4.05. The lowest BCUT2D eigenvalue weighted by molar-refractivity contribution is -0.124. The number of likely N-dealkylation sites (N-methyl/N-ethyl adjacent to an activating group) is 1. The molecular formula is C22H27ClFN3O2. The van der Waals surface area contributed by atoms with Crippen LogP contribution in [-0.4, -0.2) is 43.4 Å². The van der Waals surface area contributed by atoms with E-state index >= 15 is 0 Å². The smallest absolute Gasteiger partial charge is 0.251 e. The molecule has 7 heteroatoms. The summed E-state index contributed by atoms with van der Waals surface area (Å²) in [6, 6.07) is 11.9. The molecule has 0 bridgehead atoms. The van der Waals surface area contributed by atoms with E-state index in [0.717, 1.165) is 5.56 Å². The first kappa shape index (κ1) is 22.8. The fourth-order valence-electron chi connectivity index (χ4n) is 2.98. The van der Waals surface area contributed by atoms with Gasteiger partial charge in [-0.15, -0.1) is 0 Å². The molecule has 0 aliphatic heterocycles. The molecule has 2 unspecified atom stereocenters. The Morgan fingerprint density at radius 3 is 2.24 bits per heavy atom. The Labute approximate surface area is 176 Å². The summed E-state index contributed by atoms with van der Waals surface area (Å²) in [7, 11) is 3.83. The zero-order valence-electron chi connectivity index (χ0n) is 17.1. The van der Waals surface area contributed by atoms with Crippen molar-refractivity contribution in [3.05, 3.63) is 70.5 Å². The molecule has 0 aliphatic carbocycles. The lowest BCUT2D eigenvalue weighted by atomic mass is 10.0. The zero-order chi connectivity index (χ0) is 21.6. The molecule has 0 saturated carbocycles. The molecule has 0 aliphatic rings. The van der Waals surface area contributed by atoms with Gasteiger partial charge in [0.05, 0.1) is 6.04 Å². The summed E-state index contributed by atoms with van der Waals surface area (Å²) < 4.78 is 13.1. The Morgan fingerprint density at radius 2 is 1.69 bits per heavy atom. The highest BCUT2D eigenvalue weighted by Crippen LogP contribution is 2.25. The Hall–Kier alpha value is -2.44. The van der Waals surface area contributed by atoms with E-state index in [-0.39, 0.29) is 17.9 Å². The maximum Gasteiger partial charge on any atom is 0.251 e. The van der Waals surface area contributed by atoms with Gasteiger partial charge in [-0.1, -0.05) is 43.6 Å². The third-order valence-corrected chi connectivity index (χ3v) is 5.04. The van der Waals surface area contributed by atoms with Gasteiger partial charge in [0.25, 0.3) is 5.91 Å². The fraction of sp³-hybridized carbons (Fsp3) is 0.364. The first-order chi connectivity index (χ1) is 13.7. The van der Waals surface area contributed by atoms with Crippen LogP contribution in [-0.2, 0) is 4.79 Å². The lowest BCUT2D eigenvalue weighted by Gasteiger charge is -2.28. The van der Waals surface area contributed by atoms with E-state index in [9.17, 15) is 14.0 Å². The van der Waals surface area contributed by atoms with Crippen molar-refractivity contribution in [1.29, 1.82) is 0 Å². The SMILES string of the molecule is CC(C)C(NC(=O)c1ccc(F)cc1)C(=O)NCC(c1ccccc1Cl)N(C)C. The third-order valence-electron chi connectivity index (χ3n) is 4.70. The molecule has 2 rings (SSSR count). The van der Waals surface area contributed by atoms with Gasteiger partial charge in [-0.2, -0.15) is 0 Å². The summed E-state index contributed by atoms with van der Waals surface area (Å²) in [5.74, 6) is -1.25. The number of halogens is 2. The van der Waals surface area contributed by atoms with Crippen LogP contribution in [0.2, 0.25) is 5.02 Å². The lowest BCUT2D eigenvalue weighted by Crippen LogP contribution is -2.51. The second-order valence-corrected chi connectivity index (χ2v) is 7.86. The number of benzene rings is 2. The van der Waals surface area contributed by atoms with Crippen molar-refractivity contribution < 1.29 is 14.0 Å². The zero-order valence-corrected chi connectivity index (χ0v) is 17.8. The quantitative estimate of drug-likeness (QED) is 0.686. The molecule has 156 valence electrons. The Balaban J connectivity index is 2.07. The summed E-state index contributed by atoms with van der Waals surface area (Å²) in [6.07, 6.45) is 0. The molecule has 29 heavy (non-hydrogen) atoms. The second kappa shape index (κ2) is 10.4. The van der Waals surface area contributed by atoms with Crippen molar-refractivity contribution in [1.82, 2.24) is 15.5 Å². The van der Waals surface area contributed by atoms with Gasteiger partial charge in [-0.05, 0) is 55.9 Å². The van der Waals surface area contributed by atoms with Crippen molar-refractivity contribution in [3.8, 4) is 0 Å². The average molecular weight is 420 g/mol. The largest absolute Gasteiger partial charge is 0.352 e. The normalized spacial score (nSPS) is 13.2. The summed E-state index contributed by atoms with van der Waals surface area (Å²) >= 11 is 6.32. The Kier molecular flexibility index (Phi) is 8.17. The van der Waals surface area contributed by atoms with Crippen LogP contribution in [0.3, 0.4) is 0 Å². The summed E-state index contributed by atoms with van der Waals surface area (Å²) in [5.41, 5.74) is 1.21. The van der Waals surface area contributed by atoms with Crippen LogP contribution >= 0.6 is 11.6 Å². The van der Waals surface area contributed by atoms with E-state index < -0.39 is 17.8 Å². The highest BCUT2D eigenvalue weighted by molar-refractivity contribution is 6.31. The van der Waals surface area contributed by atoms with Crippen LogP contribution < -0.4 is 10.6 Å². The molecule has 0 spiro atoms. The van der Waals surface area contributed by atoms with E-state index in [1.807, 2.05) is 57.1 Å². The molecule has 0 aromatic heterocycles. The van der Waals surface area contributed by atoms with Crippen LogP contribution in [0.15, 0.2) is 48.5 Å². The monoisotopic (exact) mass is 419 g/mol. The van der Waals surface area contributed by atoms with Gasteiger partial charge >= 0.3 is 0 Å². The van der Waals surface area contributed by atoms with Crippen LogP contribution in [0.5, 0.6) is 0 Å². The molecule has 2 N–H and O–H groups in total. The molecular weight excluding hydrogens is 393 g/mol. The highest BCUT2D eigenvalue weighted by Gasteiger charge is 2.26.